The maximum Gasteiger partial charge on any atom is 0.0231 e. The van der Waals surface area contributed by atoms with E-state index in [1.165, 1.54) is 15.4 Å². The van der Waals surface area contributed by atoms with Gasteiger partial charge in [0.15, 0.2) is 0 Å². The first-order valence-corrected chi connectivity index (χ1v) is 7.03. The highest BCUT2D eigenvalue weighted by molar-refractivity contribution is 9.10. The largest absolute Gasteiger partial charge is 0.326 e. The average molecular weight is 308 g/mol. The van der Waals surface area contributed by atoms with Crippen molar-refractivity contribution in [2.45, 2.75) is 23.3 Å². The number of halogens is 1. The molecule has 0 saturated heterocycles. The highest BCUT2D eigenvalue weighted by Crippen LogP contribution is 2.30. The maximum atomic E-state index is 5.63. The quantitative estimate of drug-likeness (QED) is 0.911. The molecule has 2 N–H and O–H groups in total. The molecule has 0 aliphatic carbocycles. The van der Waals surface area contributed by atoms with Gasteiger partial charge >= 0.3 is 0 Å². The minimum Gasteiger partial charge on any atom is -0.326 e. The summed E-state index contributed by atoms with van der Waals surface area (Å²) in [6.07, 6.45) is 0. The number of hydrogen-bond donors (Lipinski definition) is 1. The van der Waals surface area contributed by atoms with Crippen LogP contribution in [0.1, 0.15) is 11.1 Å². The molecule has 0 spiro atoms. The fourth-order valence-electron chi connectivity index (χ4n) is 1.50. The van der Waals surface area contributed by atoms with Crippen LogP contribution in [0.15, 0.2) is 56.7 Å². The smallest absolute Gasteiger partial charge is 0.0231 e. The van der Waals surface area contributed by atoms with Gasteiger partial charge in [-0.3, -0.25) is 0 Å². The summed E-state index contributed by atoms with van der Waals surface area (Å²) in [5.74, 6) is 0. The van der Waals surface area contributed by atoms with E-state index >= 15 is 0 Å². The summed E-state index contributed by atoms with van der Waals surface area (Å²) in [5.41, 5.74) is 8.06. The van der Waals surface area contributed by atoms with Crippen molar-refractivity contribution in [2.24, 2.45) is 5.73 Å². The molecule has 2 rings (SSSR count). The van der Waals surface area contributed by atoms with Gasteiger partial charge in [0.1, 0.15) is 0 Å². The fraction of sp³-hybridized carbons (Fsp3) is 0.143. The third-order valence-electron chi connectivity index (χ3n) is 2.50. The molecule has 0 radical (unpaired) electrons. The fourth-order valence-corrected chi connectivity index (χ4v) is 3.05. The van der Waals surface area contributed by atoms with Crippen LogP contribution < -0.4 is 5.73 Å². The van der Waals surface area contributed by atoms with Crippen LogP contribution in [0.5, 0.6) is 0 Å². The van der Waals surface area contributed by atoms with E-state index in [4.69, 9.17) is 5.73 Å². The average Bonchev–Trinajstić information content (AvgIpc) is 2.32. The molecule has 17 heavy (non-hydrogen) atoms. The van der Waals surface area contributed by atoms with Gasteiger partial charge in [-0.2, -0.15) is 0 Å². The number of hydrogen-bond acceptors (Lipinski definition) is 2. The lowest BCUT2D eigenvalue weighted by molar-refractivity contribution is 1.05. The Balaban J connectivity index is 2.19. The van der Waals surface area contributed by atoms with Crippen molar-refractivity contribution >= 4 is 27.7 Å². The van der Waals surface area contributed by atoms with Gasteiger partial charge in [0.05, 0.1) is 0 Å². The van der Waals surface area contributed by atoms with E-state index in [1.54, 1.807) is 11.8 Å². The van der Waals surface area contributed by atoms with Crippen LogP contribution in [0.25, 0.3) is 0 Å². The molecule has 0 unspecified atom stereocenters. The van der Waals surface area contributed by atoms with Crippen LogP contribution in [0, 0.1) is 6.92 Å². The number of benzene rings is 2. The van der Waals surface area contributed by atoms with Crippen molar-refractivity contribution in [3.05, 3.63) is 58.1 Å². The number of rotatable bonds is 3. The lowest BCUT2D eigenvalue weighted by Gasteiger charge is -2.06. The lowest BCUT2D eigenvalue weighted by Crippen LogP contribution is -1.96. The molecule has 1 nitrogen and oxygen atoms in total. The molecule has 2 aromatic carbocycles. The maximum absolute atomic E-state index is 5.63. The molecule has 0 aliphatic heterocycles. The second kappa shape index (κ2) is 5.71. The molecular weight excluding hydrogens is 294 g/mol. The molecule has 0 heterocycles. The van der Waals surface area contributed by atoms with Crippen molar-refractivity contribution in [3.8, 4) is 0 Å². The zero-order valence-corrected chi connectivity index (χ0v) is 12.0. The van der Waals surface area contributed by atoms with Crippen LogP contribution in [-0.2, 0) is 6.54 Å². The van der Waals surface area contributed by atoms with Gasteiger partial charge in [-0.1, -0.05) is 51.5 Å². The highest BCUT2D eigenvalue weighted by atomic mass is 79.9. The van der Waals surface area contributed by atoms with Crippen LogP contribution in [0.2, 0.25) is 0 Å². The Labute approximate surface area is 115 Å². The molecule has 0 atom stereocenters. The van der Waals surface area contributed by atoms with Gasteiger partial charge in [-0.05, 0) is 36.8 Å². The topological polar surface area (TPSA) is 26.0 Å². The van der Waals surface area contributed by atoms with Gasteiger partial charge < -0.3 is 5.73 Å². The van der Waals surface area contributed by atoms with Crippen LogP contribution >= 0.6 is 27.7 Å². The SMILES string of the molecule is Cc1ccc(Sc2ccc(CN)c(Br)c2)cc1. The second-order valence-corrected chi connectivity index (χ2v) is 5.87. The molecule has 0 aromatic heterocycles. The van der Waals surface area contributed by atoms with Gasteiger partial charge in [0.25, 0.3) is 0 Å². The molecule has 0 aliphatic rings. The lowest BCUT2D eigenvalue weighted by atomic mass is 10.2. The van der Waals surface area contributed by atoms with E-state index in [-0.39, 0.29) is 0 Å². The number of nitrogens with two attached hydrogens (primary N) is 1. The molecule has 0 amide bonds. The second-order valence-electron chi connectivity index (χ2n) is 3.87. The van der Waals surface area contributed by atoms with E-state index in [0.717, 1.165) is 10.0 Å². The minimum absolute atomic E-state index is 0.566. The molecule has 3 heteroatoms. The zero-order chi connectivity index (χ0) is 12.3. The Hall–Kier alpha value is -0.770. The van der Waals surface area contributed by atoms with Gasteiger partial charge in [0, 0.05) is 20.8 Å². The first kappa shape index (κ1) is 12.7. The summed E-state index contributed by atoms with van der Waals surface area (Å²) >= 11 is 5.30. The Morgan fingerprint density at radius 2 is 1.71 bits per heavy atom. The molecule has 88 valence electrons. The summed E-state index contributed by atoms with van der Waals surface area (Å²) in [5, 5.41) is 0. The van der Waals surface area contributed by atoms with Crippen molar-refractivity contribution in [2.75, 3.05) is 0 Å². The van der Waals surface area contributed by atoms with Crippen molar-refractivity contribution in [1.82, 2.24) is 0 Å². The van der Waals surface area contributed by atoms with Gasteiger partial charge in [-0.15, -0.1) is 0 Å². The Kier molecular flexibility index (Phi) is 4.26. The van der Waals surface area contributed by atoms with Crippen molar-refractivity contribution < 1.29 is 0 Å². The van der Waals surface area contributed by atoms with Crippen molar-refractivity contribution in [3.63, 3.8) is 0 Å². The third-order valence-corrected chi connectivity index (χ3v) is 4.24. The summed E-state index contributed by atoms with van der Waals surface area (Å²) in [4.78, 5) is 2.47. The number of aryl methyl sites for hydroxylation is 1. The summed E-state index contributed by atoms with van der Waals surface area (Å²) < 4.78 is 1.08. The van der Waals surface area contributed by atoms with E-state index in [9.17, 15) is 0 Å². The monoisotopic (exact) mass is 307 g/mol. The van der Waals surface area contributed by atoms with Crippen LogP contribution in [0.4, 0.5) is 0 Å². The standard InChI is InChI=1S/C14H14BrNS/c1-10-2-5-12(6-3-10)17-13-7-4-11(9-16)14(15)8-13/h2-8H,9,16H2,1H3. The van der Waals surface area contributed by atoms with E-state index in [1.807, 2.05) is 0 Å². The Morgan fingerprint density at radius 1 is 1.06 bits per heavy atom. The highest BCUT2D eigenvalue weighted by Gasteiger charge is 2.01. The Morgan fingerprint density at radius 3 is 2.29 bits per heavy atom. The summed E-state index contributed by atoms with van der Waals surface area (Å²) in [7, 11) is 0. The minimum atomic E-state index is 0.566. The predicted molar refractivity (Wildman–Crippen MR) is 77.3 cm³/mol. The van der Waals surface area contributed by atoms with E-state index in [2.05, 4.69) is 65.3 Å². The molecule has 0 fully saturated rings. The van der Waals surface area contributed by atoms with Crippen LogP contribution in [0.3, 0.4) is 0 Å². The van der Waals surface area contributed by atoms with E-state index < -0.39 is 0 Å². The first-order chi connectivity index (χ1) is 8.19. The molecule has 2 aromatic rings. The van der Waals surface area contributed by atoms with Gasteiger partial charge in [0.2, 0.25) is 0 Å². The molecule has 0 saturated carbocycles. The molecular formula is C14H14BrNS. The van der Waals surface area contributed by atoms with Crippen LogP contribution in [-0.4, -0.2) is 0 Å². The van der Waals surface area contributed by atoms with Crippen molar-refractivity contribution in [1.29, 1.82) is 0 Å². The summed E-state index contributed by atoms with van der Waals surface area (Å²) in [6.45, 7) is 2.66. The predicted octanol–water partition coefficient (Wildman–Crippen LogP) is 4.37. The summed E-state index contributed by atoms with van der Waals surface area (Å²) in [6, 6.07) is 14.8. The molecule has 0 bridgehead atoms. The first-order valence-electron chi connectivity index (χ1n) is 5.42. The zero-order valence-electron chi connectivity index (χ0n) is 9.61. The Bertz CT molecular complexity index is 508. The van der Waals surface area contributed by atoms with Gasteiger partial charge in [-0.25, -0.2) is 0 Å². The normalized spacial score (nSPS) is 10.5. The van der Waals surface area contributed by atoms with E-state index in [0.29, 0.717) is 6.54 Å². The third kappa shape index (κ3) is 3.35.